The number of benzene rings is 1. The summed E-state index contributed by atoms with van der Waals surface area (Å²) in [6, 6.07) is 7.06. The van der Waals surface area contributed by atoms with Gasteiger partial charge in [0.1, 0.15) is 0 Å². The zero-order chi connectivity index (χ0) is 11.4. The molecule has 0 aliphatic carbocycles. The second kappa shape index (κ2) is 5.53. The molecule has 0 aliphatic heterocycles. The lowest BCUT2D eigenvalue weighted by Gasteiger charge is -2.23. The van der Waals surface area contributed by atoms with Gasteiger partial charge in [-0.25, -0.2) is 0 Å². The Morgan fingerprint density at radius 2 is 1.93 bits per heavy atom. The maximum absolute atomic E-state index is 5.83. The van der Waals surface area contributed by atoms with Gasteiger partial charge in [0.15, 0.2) is 0 Å². The van der Waals surface area contributed by atoms with E-state index in [2.05, 4.69) is 50.9 Å². The lowest BCUT2D eigenvalue weighted by Crippen LogP contribution is -2.29. The first-order chi connectivity index (χ1) is 7.04. The third-order valence-electron chi connectivity index (χ3n) is 2.98. The third-order valence-corrected chi connectivity index (χ3v) is 3.43. The van der Waals surface area contributed by atoms with Crippen molar-refractivity contribution in [2.45, 2.75) is 33.4 Å². The number of rotatable bonds is 4. The first kappa shape index (κ1) is 12.5. The Kier molecular flexibility index (Phi) is 4.62. The van der Waals surface area contributed by atoms with Gasteiger partial charge in [-0.2, -0.15) is 0 Å². The van der Waals surface area contributed by atoms with E-state index in [9.17, 15) is 0 Å². The predicted molar refractivity (Wildman–Crippen MR) is 67.6 cm³/mol. The van der Waals surface area contributed by atoms with Crippen LogP contribution < -0.4 is 0 Å². The van der Waals surface area contributed by atoms with Crippen molar-refractivity contribution >= 4 is 11.6 Å². The summed E-state index contributed by atoms with van der Waals surface area (Å²) in [6.07, 6.45) is 0. The highest BCUT2D eigenvalue weighted by Crippen LogP contribution is 2.12. The molecular weight excluding hydrogens is 206 g/mol. The molecule has 0 aliphatic rings. The summed E-state index contributed by atoms with van der Waals surface area (Å²) in [5.41, 5.74) is 4.07. The fourth-order valence-corrected chi connectivity index (χ4v) is 1.70. The van der Waals surface area contributed by atoms with Crippen molar-refractivity contribution in [3.8, 4) is 0 Å². The maximum atomic E-state index is 5.83. The van der Waals surface area contributed by atoms with Crippen molar-refractivity contribution in [1.82, 2.24) is 4.90 Å². The van der Waals surface area contributed by atoms with E-state index < -0.39 is 0 Å². The van der Waals surface area contributed by atoms with E-state index in [1.165, 1.54) is 16.7 Å². The van der Waals surface area contributed by atoms with Gasteiger partial charge in [-0.1, -0.05) is 18.2 Å². The summed E-state index contributed by atoms with van der Waals surface area (Å²) in [7, 11) is 2.11. The average molecular weight is 226 g/mol. The first-order valence-corrected chi connectivity index (χ1v) is 5.90. The van der Waals surface area contributed by atoms with E-state index in [1.807, 2.05) is 0 Å². The average Bonchev–Trinajstić information content (AvgIpc) is 2.22. The first-order valence-electron chi connectivity index (χ1n) is 5.37. The fourth-order valence-electron chi connectivity index (χ4n) is 1.46. The highest BCUT2D eigenvalue weighted by molar-refractivity contribution is 6.18. The van der Waals surface area contributed by atoms with Crippen molar-refractivity contribution in [3.05, 3.63) is 34.9 Å². The number of aryl methyl sites for hydroxylation is 2. The molecule has 0 fully saturated rings. The van der Waals surface area contributed by atoms with Crippen molar-refractivity contribution in [2.24, 2.45) is 0 Å². The minimum atomic E-state index is 0.424. The number of hydrogen-bond acceptors (Lipinski definition) is 1. The summed E-state index contributed by atoms with van der Waals surface area (Å²) < 4.78 is 0. The van der Waals surface area contributed by atoms with Crippen LogP contribution in [0.5, 0.6) is 0 Å². The molecular formula is C13H20ClN. The van der Waals surface area contributed by atoms with Crippen LogP contribution in [0.4, 0.5) is 0 Å². The SMILES string of the molecule is Cc1ccc(CN(C)C(C)CCl)cc1C. The standard InChI is InChI=1S/C13H20ClN/c1-10-5-6-13(7-11(10)2)9-15(4)12(3)8-14/h5-7,12H,8-9H2,1-4H3. The molecule has 0 aromatic heterocycles. The van der Waals surface area contributed by atoms with E-state index in [4.69, 9.17) is 11.6 Å². The van der Waals surface area contributed by atoms with Crippen LogP contribution in [0.25, 0.3) is 0 Å². The van der Waals surface area contributed by atoms with Gasteiger partial charge in [0.2, 0.25) is 0 Å². The lowest BCUT2D eigenvalue weighted by atomic mass is 10.1. The minimum Gasteiger partial charge on any atom is -0.298 e. The van der Waals surface area contributed by atoms with E-state index in [0.717, 1.165) is 6.54 Å². The molecule has 0 amide bonds. The number of hydrogen-bond donors (Lipinski definition) is 0. The molecule has 0 N–H and O–H groups in total. The zero-order valence-corrected chi connectivity index (χ0v) is 10.8. The number of nitrogens with zero attached hydrogens (tertiary/aromatic N) is 1. The van der Waals surface area contributed by atoms with Gasteiger partial charge in [0.25, 0.3) is 0 Å². The molecule has 0 saturated heterocycles. The molecule has 84 valence electrons. The van der Waals surface area contributed by atoms with Crippen LogP contribution in [0, 0.1) is 13.8 Å². The Balaban J connectivity index is 2.68. The van der Waals surface area contributed by atoms with Gasteiger partial charge in [-0.15, -0.1) is 11.6 Å². The molecule has 15 heavy (non-hydrogen) atoms. The normalized spacial score (nSPS) is 13.2. The van der Waals surface area contributed by atoms with Gasteiger partial charge in [-0.05, 0) is 44.5 Å². The predicted octanol–water partition coefficient (Wildman–Crippen LogP) is 3.36. The molecule has 1 atom stereocenters. The van der Waals surface area contributed by atoms with Crippen LogP contribution in [-0.2, 0) is 6.54 Å². The lowest BCUT2D eigenvalue weighted by molar-refractivity contribution is 0.268. The molecule has 0 spiro atoms. The van der Waals surface area contributed by atoms with Crippen LogP contribution in [0.15, 0.2) is 18.2 Å². The minimum absolute atomic E-state index is 0.424. The van der Waals surface area contributed by atoms with E-state index in [0.29, 0.717) is 11.9 Å². The number of halogens is 1. The number of alkyl halides is 1. The van der Waals surface area contributed by atoms with Crippen LogP contribution >= 0.6 is 11.6 Å². The molecule has 1 aromatic rings. The van der Waals surface area contributed by atoms with E-state index in [1.54, 1.807) is 0 Å². The second-order valence-corrected chi connectivity index (χ2v) is 4.65. The highest BCUT2D eigenvalue weighted by atomic mass is 35.5. The Labute approximate surface area is 98.0 Å². The molecule has 1 aromatic carbocycles. The summed E-state index contributed by atoms with van der Waals surface area (Å²) in [5.74, 6) is 0.682. The fraction of sp³-hybridized carbons (Fsp3) is 0.538. The Hall–Kier alpha value is -0.530. The summed E-state index contributed by atoms with van der Waals surface area (Å²) in [5, 5.41) is 0. The Morgan fingerprint density at radius 1 is 1.27 bits per heavy atom. The molecule has 0 saturated carbocycles. The maximum Gasteiger partial charge on any atom is 0.0376 e. The zero-order valence-electron chi connectivity index (χ0n) is 10.0. The molecule has 0 radical (unpaired) electrons. The van der Waals surface area contributed by atoms with Crippen molar-refractivity contribution < 1.29 is 0 Å². The molecule has 1 unspecified atom stereocenters. The Bertz CT molecular complexity index is 322. The summed E-state index contributed by atoms with van der Waals surface area (Å²) in [6.45, 7) is 7.41. The van der Waals surface area contributed by atoms with Gasteiger partial charge >= 0.3 is 0 Å². The van der Waals surface area contributed by atoms with E-state index >= 15 is 0 Å². The highest BCUT2D eigenvalue weighted by Gasteiger charge is 2.08. The third kappa shape index (κ3) is 3.51. The van der Waals surface area contributed by atoms with Gasteiger partial charge < -0.3 is 0 Å². The monoisotopic (exact) mass is 225 g/mol. The molecule has 1 nitrogen and oxygen atoms in total. The van der Waals surface area contributed by atoms with Gasteiger partial charge in [-0.3, -0.25) is 4.90 Å². The van der Waals surface area contributed by atoms with Gasteiger partial charge in [0.05, 0.1) is 0 Å². The second-order valence-electron chi connectivity index (χ2n) is 4.34. The molecule has 2 heteroatoms. The van der Waals surface area contributed by atoms with Crippen LogP contribution in [0.3, 0.4) is 0 Å². The van der Waals surface area contributed by atoms with E-state index in [-0.39, 0.29) is 0 Å². The van der Waals surface area contributed by atoms with Gasteiger partial charge in [0, 0.05) is 18.5 Å². The molecule has 1 rings (SSSR count). The smallest absolute Gasteiger partial charge is 0.0376 e. The van der Waals surface area contributed by atoms with Crippen molar-refractivity contribution in [3.63, 3.8) is 0 Å². The summed E-state index contributed by atoms with van der Waals surface area (Å²) in [4.78, 5) is 2.27. The van der Waals surface area contributed by atoms with Crippen molar-refractivity contribution in [2.75, 3.05) is 12.9 Å². The van der Waals surface area contributed by atoms with Crippen LogP contribution in [-0.4, -0.2) is 23.9 Å². The molecule has 0 bridgehead atoms. The summed E-state index contributed by atoms with van der Waals surface area (Å²) >= 11 is 5.83. The van der Waals surface area contributed by atoms with Crippen LogP contribution in [0.1, 0.15) is 23.6 Å². The molecule has 0 heterocycles. The van der Waals surface area contributed by atoms with Crippen molar-refractivity contribution in [1.29, 1.82) is 0 Å². The Morgan fingerprint density at radius 3 is 2.47 bits per heavy atom. The largest absolute Gasteiger partial charge is 0.298 e. The quantitative estimate of drug-likeness (QED) is 0.711. The van der Waals surface area contributed by atoms with Crippen LogP contribution in [0.2, 0.25) is 0 Å². The topological polar surface area (TPSA) is 3.24 Å².